The Labute approximate surface area is 142 Å². The Morgan fingerprint density at radius 1 is 1.29 bits per heavy atom. The van der Waals surface area contributed by atoms with Crippen molar-refractivity contribution in [1.29, 1.82) is 0 Å². The highest BCUT2D eigenvalue weighted by Gasteiger charge is 2.19. The number of unbranched alkanes of at least 4 members (excludes halogenated alkanes) is 3. The largest absolute Gasteiger partial charge is 0.496 e. The molecule has 0 spiro atoms. The van der Waals surface area contributed by atoms with Crippen molar-refractivity contribution in [3.63, 3.8) is 0 Å². The van der Waals surface area contributed by atoms with Crippen molar-refractivity contribution < 1.29 is 14.3 Å². The predicted molar refractivity (Wildman–Crippen MR) is 92.7 cm³/mol. The van der Waals surface area contributed by atoms with E-state index in [1.54, 1.807) is 13.3 Å². The van der Waals surface area contributed by atoms with E-state index in [4.69, 9.17) is 15.2 Å². The van der Waals surface area contributed by atoms with Crippen LogP contribution in [0.2, 0.25) is 0 Å². The Hall–Kier alpha value is -2.50. The molecule has 0 saturated heterocycles. The molecule has 0 aliphatic rings. The monoisotopic (exact) mass is 331 g/mol. The first kappa shape index (κ1) is 17.8. The summed E-state index contributed by atoms with van der Waals surface area (Å²) in [4.78, 5) is 18.8. The molecule has 1 atom stereocenters. The fraction of sp³-hybridized carbons (Fsp3) is 0.444. The standard InChI is InChI=1S/C18H25N3O3/c1-3-4-5-6-11-16(24-18(19)22)17-20-12-14(21-17)13-9-7-8-10-15(13)23-2/h7-10,12,16H,3-6,11H2,1-2H3,(H2,19,22)(H,20,21)/t16-/m0/s1. The van der Waals surface area contributed by atoms with Gasteiger partial charge in [0.1, 0.15) is 11.6 Å². The van der Waals surface area contributed by atoms with Crippen molar-refractivity contribution in [2.24, 2.45) is 5.73 Å². The lowest BCUT2D eigenvalue weighted by Gasteiger charge is -2.14. The molecular weight excluding hydrogens is 306 g/mol. The fourth-order valence-corrected chi connectivity index (χ4v) is 2.65. The summed E-state index contributed by atoms with van der Waals surface area (Å²) in [5, 5.41) is 0. The van der Waals surface area contributed by atoms with Gasteiger partial charge in [-0.1, -0.05) is 38.3 Å². The molecular formula is C18H25N3O3. The molecule has 1 aromatic carbocycles. The zero-order chi connectivity index (χ0) is 17.4. The summed E-state index contributed by atoms with van der Waals surface area (Å²) >= 11 is 0. The van der Waals surface area contributed by atoms with Crippen LogP contribution in [0.25, 0.3) is 11.3 Å². The van der Waals surface area contributed by atoms with Crippen LogP contribution in [0.4, 0.5) is 4.79 Å². The number of para-hydroxylation sites is 1. The van der Waals surface area contributed by atoms with Gasteiger partial charge in [0.25, 0.3) is 0 Å². The van der Waals surface area contributed by atoms with Crippen LogP contribution in [0.3, 0.4) is 0 Å². The molecule has 3 N–H and O–H groups in total. The summed E-state index contributed by atoms with van der Waals surface area (Å²) < 4.78 is 10.6. The molecule has 0 aliphatic heterocycles. The summed E-state index contributed by atoms with van der Waals surface area (Å²) in [6.07, 6.45) is 5.53. The Morgan fingerprint density at radius 3 is 2.79 bits per heavy atom. The number of ether oxygens (including phenoxy) is 2. The molecule has 6 heteroatoms. The Morgan fingerprint density at radius 2 is 2.08 bits per heavy atom. The summed E-state index contributed by atoms with van der Waals surface area (Å²) in [5.74, 6) is 1.36. The van der Waals surface area contributed by atoms with Crippen molar-refractivity contribution in [3.8, 4) is 17.0 Å². The van der Waals surface area contributed by atoms with Crippen LogP contribution in [0.5, 0.6) is 5.75 Å². The molecule has 6 nitrogen and oxygen atoms in total. The molecule has 0 bridgehead atoms. The fourth-order valence-electron chi connectivity index (χ4n) is 2.65. The average molecular weight is 331 g/mol. The molecule has 0 radical (unpaired) electrons. The van der Waals surface area contributed by atoms with E-state index >= 15 is 0 Å². The summed E-state index contributed by atoms with van der Waals surface area (Å²) in [7, 11) is 1.63. The van der Waals surface area contributed by atoms with Gasteiger partial charge < -0.3 is 20.2 Å². The van der Waals surface area contributed by atoms with Crippen molar-refractivity contribution in [3.05, 3.63) is 36.3 Å². The molecule has 0 aliphatic carbocycles. The van der Waals surface area contributed by atoms with Gasteiger partial charge in [-0.15, -0.1) is 0 Å². The Balaban J connectivity index is 2.16. The second kappa shape index (κ2) is 8.96. The number of amides is 1. The van der Waals surface area contributed by atoms with Crippen molar-refractivity contribution in [2.45, 2.75) is 45.1 Å². The van der Waals surface area contributed by atoms with Gasteiger partial charge in [-0.05, 0) is 25.0 Å². The van der Waals surface area contributed by atoms with E-state index in [1.807, 2.05) is 24.3 Å². The lowest BCUT2D eigenvalue weighted by atomic mass is 10.1. The van der Waals surface area contributed by atoms with E-state index in [9.17, 15) is 4.79 Å². The molecule has 0 fully saturated rings. The van der Waals surface area contributed by atoms with Crippen molar-refractivity contribution in [2.75, 3.05) is 7.11 Å². The maximum atomic E-state index is 11.2. The summed E-state index contributed by atoms with van der Waals surface area (Å²) in [5.41, 5.74) is 6.92. The van der Waals surface area contributed by atoms with Gasteiger partial charge in [0.05, 0.1) is 19.0 Å². The first-order valence-electron chi connectivity index (χ1n) is 8.30. The van der Waals surface area contributed by atoms with Gasteiger partial charge in [-0.2, -0.15) is 0 Å². The van der Waals surface area contributed by atoms with Crippen LogP contribution in [-0.4, -0.2) is 23.2 Å². The number of primary amides is 1. The number of methoxy groups -OCH3 is 1. The maximum absolute atomic E-state index is 11.2. The van der Waals surface area contributed by atoms with Crippen LogP contribution in [0, 0.1) is 0 Å². The van der Waals surface area contributed by atoms with Crippen LogP contribution < -0.4 is 10.5 Å². The number of carbonyl (C=O) groups excluding carboxylic acids is 1. The third-order valence-corrected chi connectivity index (χ3v) is 3.88. The number of H-pyrrole nitrogens is 1. The number of rotatable bonds is 9. The van der Waals surface area contributed by atoms with E-state index < -0.39 is 12.2 Å². The number of hydrogen-bond donors (Lipinski definition) is 2. The molecule has 24 heavy (non-hydrogen) atoms. The van der Waals surface area contributed by atoms with E-state index in [0.29, 0.717) is 12.2 Å². The maximum Gasteiger partial charge on any atom is 0.405 e. The Bertz CT molecular complexity index is 654. The molecule has 2 aromatic rings. The van der Waals surface area contributed by atoms with E-state index in [-0.39, 0.29) is 0 Å². The summed E-state index contributed by atoms with van der Waals surface area (Å²) in [6.45, 7) is 2.16. The smallest absolute Gasteiger partial charge is 0.405 e. The van der Waals surface area contributed by atoms with Gasteiger partial charge >= 0.3 is 6.09 Å². The number of imidazole rings is 1. The van der Waals surface area contributed by atoms with Gasteiger partial charge in [-0.25, -0.2) is 9.78 Å². The number of hydrogen-bond acceptors (Lipinski definition) is 4. The Kier molecular flexibility index (Phi) is 6.66. The third kappa shape index (κ3) is 4.75. The normalized spacial score (nSPS) is 11.9. The second-order valence-electron chi connectivity index (χ2n) is 5.66. The zero-order valence-corrected chi connectivity index (χ0v) is 14.2. The molecule has 0 saturated carbocycles. The van der Waals surface area contributed by atoms with E-state index in [2.05, 4.69) is 16.9 Å². The molecule has 1 aromatic heterocycles. The number of carbonyl (C=O) groups is 1. The zero-order valence-electron chi connectivity index (χ0n) is 14.2. The van der Waals surface area contributed by atoms with Gasteiger partial charge in [0, 0.05) is 5.56 Å². The third-order valence-electron chi connectivity index (χ3n) is 3.88. The van der Waals surface area contributed by atoms with Crippen molar-refractivity contribution >= 4 is 6.09 Å². The molecule has 130 valence electrons. The van der Waals surface area contributed by atoms with E-state index in [1.165, 1.54) is 0 Å². The van der Waals surface area contributed by atoms with Crippen LogP contribution in [0.15, 0.2) is 30.5 Å². The number of aromatic nitrogens is 2. The summed E-state index contributed by atoms with van der Waals surface area (Å²) in [6, 6.07) is 7.67. The van der Waals surface area contributed by atoms with Gasteiger partial charge in [0.15, 0.2) is 6.10 Å². The van der Waals surface area contributed by atoms with Gasteiger partial charge in [-0.3, -0.25) is 0 Å². The van der Waals surface area contributed by atoms with Crippen LogP contribution in [-0.2, 0) is 4.74 Å². The highest BCUT2D eigenvalue weighted by atomic mass is 16.6. The van der Waals surface area contributed by atoms with Crippen LogP contribution in [0.1, 0.15) is 51.0 Å². The predicted octanol–water partition coefficient (Wildman–Crippen LogP) is 4.19. The first-order chi connectivity index (χ1) is 11.7. The molecule has 0 unspecified atom stereocenters. The minimum atomic E-state index is -0.786. The van der Waals surface area contributed by atoms with E-state index in [0.717, 1.165) is 42.7 Å². The lowest BCUT2D eigenvalue weighted by molar-refractivity contribution is 0.0947. The minimum Gasteiger partial charge on any atom is -0.496 e. The number of nitrogens with one attached hydrogen (secondary N) is 1. The first-order valence-corrected chi connectivity index (χ1v) is 8.30. The minimum absolute atomic E-state index is 0.456. The number of nitrogens with two attached hydrogens (primary N) is 1. The number of benzene rings is 1. The average Bonchev–Trinajstić information content (AvgIpc) is 3.07. The SMILES string of the molecule is CCCCCC[C@H](OC(N)=O)c1ncc(-c2ccccc2OC)[nH]1. The second-order valence-corrected chi connectivity index (χ2v) is 5.66. The van der Waals surface area contributed by atoms with Gasteiger partial charge in [0.2, 0.25) is 0 Å². The molecule has 1 heterocycles. The molecule has 2 rings (SSSR count). The van der Waals surface area contributed by atoms with Crippen molar-refractivity contribution in [1.82, 2.24) is 9.97 Å². The lowest BCUT2D eigenvalue weighted by Crippen LogP contribution is -2.18. The highest BCUT2D eigenvalue weighted by molar-refractivity contribution is 5.67. The quantitative estimate of drug-likeness (QED) is 0.674. The number of nitrogens with zero attached hydrogens (tertiary/aromatic N) is 1. The number of aromatic amines is 1. The molecule has 1 amide bonds. The van der Waals surface area contributed by atoms with Crippen LogP contribution >= 0.6 is 0 Å². The highest BCUT2D eigenvalue weighted by Crippen LogP contribution is 2.30. The topological polar surface area (TPSA) is 90.2 Å².